The Labute approximate surface area is 133 Å². The number of nitrogens with zero attached hydrogens (tertiary/aromatic N) is 2. The van der Waals surface area contributed by atoms with Gasteiger partial charge in [0.15, 0.2) is 5.75 Å². The second-order valence-corrected chi connectivity index (χ2v) is 5.50. The number of carbonyl (C=O) groups is 1. The van der Waals surface area contributed by atoms with E-state index in [-0.39, 0.29) is 23.6 Å². The van der Waals surface area contributed by atoms with Crippen molar-refractivity contribution in [3.8, 4) is 5.75 Å². The average molecular weight is 326 g/mol. The molecule has 0 saturated heterocycles. The standard InChI is InChI=1S/C15H19FN2O5/c1-17(15(19)22-2)11-4-6-12(7-5-11)23-14-9-10(16)3-8-13(14)18(20)21/h3,8-9,11-12H,4-7H2,1-2H3. The Morgan fingerprint density at radius 2 is 2.00 bits per heavy atom. The molecule has 8 heteroatoms. The first kappa shape index (κ1) is 17.0. The lowest BCUT2D eigenvalue weighted by atomic mass is 9.92. The Hall–Kier alpha value is -2.38. The molecule has 0 unspecified atom stereocenters. The fourth-order valence-electron chi connectivity index (χ4n) is 2.76. The fourth-order valence-corrected chi connectivity index (χ4v) is 2.76. The van der Waals surface area contributed by atoms with Crippen LogP contribution in [0, 0.1) is 15.9 Å². The van der Waals surface area contributed by atoms with E-state index in [0.717, 1.165) is 18.2 Å². The van der Waals surface area contributed by atoms with E-state index in [4.69, 9.17) is 4.74 Å². The van der Waals surface area contributed by atoms with Crippen LogP contribution in [-0.2, 0) is 4.74 Å². The van der Waals surface area contributed by atoms with Gasteiger partial charge in [-0.1, -0.05) is 0 Å². The van der Waals surface area contributed by atoms with Crippen LogP contribution in [0.25, 0.3) is 0 Å². The predicted molar refractivity (Wildman–Crippen MR) is 79.9 cm³/mol. The van der Waals surface area contributed by atoms with Crippen molar-refractivity contribution >= 4 is 11.8 Å². The van der Waals surface area contributed by atoms with E-state index < -0.39 is 16.8 Å². The van der Waals surface area contributed by atoms with E-state index in [1.165, 1.54) is 7.11 Å². The van der Waals surface area contributed by atoms with Gasteiger partial charge in [0.05, 0.1) is 18.1 Å². The van der Waals surface area contributed by atoms with Crippen LogP contribution in [0.15, 0.2) is 18.2 Å². The molecule has 0 heterocycles. The number of rotatable bonds is 4. The molecule has 1 saturated carbocycles. The number of ether oxygens (including phenoxy) is 2. The zero-order valence-electron chi connectivity index (χ0n) is 13.0. The van der Waals surface area contributed by atoms with Crippen LogP contribution >= 0.6 is 0 Å². The van der Waals surface area contributed by atoms with Crippen LogP contribution in [0.5, 0.6) is 5.75 Å². The van der Waals surface area contributed by atoms with Crippen molar-refractivity contribution in [3.63, 3.8) is 0 Å². The molecular formula is C15H19FN2O5. The lowest BCUT2D eigenvalue weighted by molar-refractivity contribution is -0.386. The normalized spacial score (nSPS) is 20.7. The molecule has 0 N–H and O–H groups in total. The van der Waals surface area contributed by atoms with E-state index in [1.54, 1.807) is 11.9 Å². The summed E-state index contributed by atoms with van der Waals surface area (Å²) in [7, 11) is 3.01. The Kier molecular flexibility index (Phi) is 5.36. The third-order valence-electron chi connectivity index (χ3n) is 4.07. The molecule has 0 bridgehead atoms. The first-order valence-corrected chi connectivity index (χ1v) is 7.33. The second-order valence-electron chi connectivity index (χ2n) is 5.50. The van der Waals surface area contributed by atoms with Crippen molar-refractivity contribution in [1.29, 1.82) is 0 Å². The smallest absolute Gasteiger partial charge is 0.409 e. The monoisotopic (exact) mass is 326 g/mol. The fraction of sp³-hybridized carbons (Fsp3) is 0.533. The summed E-state index contributed by atoms with van der Waals surface area (Å²) in [6.07, 6.45) is 2.01. The van der Waals surface area contributed by atoms with E-state index >= 15 is 0 Å². The van der Waals surface area contributed by atoms with Crippen LogP contribution in [-0.4, -0.2) is 42.2 Å². The topological polar surface area (TPSA) is 81.9 Å². The molecule has 7 nitrogen and oxygen atoms in total. The van der Waals surface area contributed by atoms with Gasteiger partial charge in [0.25, 0.3) is 0 Å². The second kappa shape index (κ2) is 7.26. The number of hydrogen-bond donors (Lipinski definition) is 0. The van der Waals surface area contributed by atoms with Gasteiger partial charge < -0.3 is 14.4 Å². The van der Waals surface area contributed by atoms with Crippen molar-refractivity contribution in [2.75, 3.05) is 14.2 Å². The zero-order valence-corrected chi connectivity index (χ0v) is 13.0. The molecule has 1 fully saturated rings. The summed E-state index contributed by atoms with van der Waals surface area (Å²) in [6.45, 7) is 0. The molecule has 1 aromatic rings. The van der Waals surface area contributed by atoms with Crippen LogP contribution < -0.4 is 4.74 Å². The number of amides is 1. The largest absolute Gasteiger partial charge is 0.483 e. The van der Waals surface area contributed by atoms with Crippen LogP contribution in [0.3, 0.4) is 0 Å². The summed E-state index contributed by atoms with van der Waals surface area (Å²) in [5.74, 6) is -0.635. The Morgan fingerprint density at radius 3 is 2.57 bits per heavy atom. The van der Waals surface area contributed by atoms with Crippen molar-refractivity contribution in [3.05, 3.63) is 34.1 Å². The number of benzene rings is 1. The minimum absolute atomic E-state index is 0.0461. The number of halogens is 1. The molecule has 0 aromatic heterocycles. The molecule has 1 aromatic carbocycles. The van der Waals surface area contributed by atoms with Gasteiger partial charge in [-0.05, 0) is 31.7 Å². The number of nitro groups is 1. The summed E-state index contributed by atoms with van der Waals surface area (Å²) in [6, 6.07) is 3.21. The summed E-state index contributed by atoms with van der Waals surface area (Å²) in [5.41, 5.74) is -0.250. The van der Waals surface area contributed by atoms with E-state index in [0.29, 0.717) is 25.7 Å². The first-order valence-electron chi connectivity index (χ1n) is 7.33. The number of hydrogen-bond acceptors (Lipinski definition) is 5. The molecule has 1 amide bonds. The quantitative estimate of drug-likeness (QED) is 0.627. The number of methoxy groups -OCH3 is 1. The average Bonchev–Trinajstić information content (AvgIpc) is 2.54. The Morgan fingerprint density at radius 1 is 1.35 bits per heavy atom. The number of carbonyl (C=O) groups excluding carboxylic acids is 1. The predicted octanol–water partition coefficient (Wildman–Crippen LogP) is 3.12. The highest BCUT2D eigenvalue weighted by Gasteiger charge is 2.29. The highest BCUT2D eigenvalue weighted by atomic mass is 19.1. The van der Waals surface area contributed by atoms with Gasteiger partial charge in [-0.15, -0.1) is 0 Å². The van der Waals surface area contributed by atoms with Crippen molar-refractivity contribution < 1.29 is 23.6 Å². The molecule has 1 aliphatic rings. The lowest BCUT2D eigenvalue weighted by Crippen LogP contribution is -2.41. The Balaban J connectivity index is 1.98. The molecular weight excluding hydrogens is 307 g/mol. The molecule has 0 spiro atoms. The maximum atomic E-state index is 13.3. The van der Waals surface area contributed by atoms with E-state index in [2.05, 4.69) is 4.74 Å². The lowest BCUT2D eigenvalue weighted by Gasteiger charge is -2.33. The van der Waals surface area contributed by atoms with Gasteiger partial charge in [0, 0.05) is 25.2 Å². The SMILES string of the molecule is COC(=O)N(C)C1CCC(Oc2cc(F)ccc2[N+](=O)[O-])CC1. The van der Waals surface area contributed by atoms with Gasteiger partial charge in [-0.3, -0.25) is 10.1 Å². The molecule has 0 radical (unpaired) electrons. The summed E-state index contributed by atoms with van der Waals surface area (Å²) in [5, 5.41) is 11.0. The highest BCUT2D eigenvalue weighted by molar-refractivity contribution is 5.67. The van der Waals surface area contributed by atoms with Gasteiger partial charge >= 0.3 is 11.8 Å². The van der Waals surface area contributed by atoms with Gasteiger partial charge in [0.1, 0.15) is 5.82 Å². The molecule has 0 aliphatic heterocycles. The molecule has 0 atom stereocenters. The van der Waals surface area contributed by atoms with Crippen LogP contribution in [0.4, 0.5) is 14.9 Å². The summed E-state index contributed by atoms with van der Waals surface area (Å²) >= 11 is 0. The Bertz CT molecular complexity index is 587. The molecule has 1 aliphatic carbocycles. The van der Waals surface area contributed by atoms with Crippen molar-refractivity contribution in [1.82, 2.24) is 4.90 Å². The highest BCUT2D eigenvalue weighted by Crippen LogP contribution is 2.32. The minimum atomic E-state index is -0.592. The van der Waals surface area contributed by atoms with E-state index in [9.17, 15) is 19.3 Å². The maximum Gasteiger partial charge on any atom is 0.409 e. The number of nitro benzene ring substituents is 1. The molecule has 23 heavy (non-hydrogen) atoms. The van der Waals surface area contributed by atoms with Gasteiger partial charge in [0.2, 0.25) is 0 Å². The molecule has 2 rings (SSSR count). The first-order chi connectivity index (χ1) is 10.9. The van der Waals surface area contributed by atoms with Crippen LogP contribution in [0.1, 0.15) is 25.7 Å². The van der Waals surface area contributed by atoms with Crippen molar-refractivity contribution in [2.24, 2.45) is 0 Å². The van der Waals surface area contributed by atoms with E-state index in [1.807, 2.05) is 0 Å². The summed E-state index contributed by atoms with van der Waals surface area (Å²) < 4.78 is 23.6. The zero-order chi connectivity index (χ0) is 17.0. The summed E-state index contributed by atoms with van der Waals surface area (Å²) in [4.78, 5) is 23.4. The van der Waals surface area contributed by atoms with Gasteiger partial charge in [-0.25, -0.2) is 9.18 Å². The minimum Gasteiger partial charge on any atom is -0.483 e. The maximum absolute atomic E-state index is 13.3. The third-order valence-corrected chi connectivity index (χ3v) is 4.07. The third kappa shape index (κ3) is 4.08. The van der Waals surface area contributed by atoms with Crippen molar-refractivity contribution in [2.45, 2.75) is 37.8 Å². The molecule has 126 valence electrons. The van der Waals surface area contributed by atoms with Crippen LogP contribution in [0.2, 0.25) is 0 Å². The van der Waals surface area contributed by atoms with Gasteiger partial charge in [-0.2, -0.15) is 0 Å².